The molecule has 2 amide bonds. The maximum atomic E-state index is 12.7. The molecule has 152 valence electrons. The number of thioether (sulfide) groups is 1. The summed E-state index contributed by atoms with van der Waals surface area (Å²) in [5.41, 5.74) is 0.405. The van der Waals surface area contributed by atoms with Gasteiger partial charge in [-0.25, -0.2) is 4.79 Å². The number of piperidine rings is 1. The number of amides is 2. The second-order valence-corrected chi connectivity index (χ2v) is 9.43. The van der Waals surface area contributed by atoms with Crippen LogP contribution in [0.4, 0.5) is 4.79 Å². The SMILES string of the molecule is CSC[C@@H]1CN(C(=O)OC(C)(C)C)CC[C@@H]1NC(=O)c1[nH]c(C)c(Cl)c1Cl. The highest BCUT2D eigenvalue weighted by Gasteiger charge is 2.34. The molecular weight excluding hydrogens is 409 g/mol. The Morgan fingerprint density at radius 1 is 1.33 bits per heavy atom. The van der Waals surface area contributed by atoms with E-state index in [1.165, 1.54) is 0 Å². The molecule has 2 heterocycles. The maximum Gasteiger partial charge on any atom is 0.410 e. The van der Waals surface area contributed by atoms with Gasteiger partial charge in [-0.2, -0.15) is 11.8 Å². The van der Waals surface area contributed by atoms with Gasteiger partial charge in [0.25, 0.3) is 5.91 Å². The second kappa shape index (κ2) is 8.97. The first-order valence-corrected chi connectivity index (χ1v) is 11.0. The summed E-state index contributed by atoms with van der Waals surface area (Å²) in [5, 5.41) is 3.65. The molecule has 2 rings (SSSR count). The van der Waals surface area contributed by atoms with Gasteiger partial charge in [0.05, 0.1) is 10.0 Å². The highest BCUT2D eigenvalue weighted by Crippen LogP contribution is 2.30. The van der Waals surface area contributed by atoms with Gasteiger partial charge < -0.3 is 19.9 Å². The molecule has 0 spiro atoms. The van der Waals surface area contributed by atoms with Crippen molar-refractivity contribution in [3.63, 3.8) is 0 Å². The quantitative estimate of drug-likeness (QED) is 0.736. The van der Waals surface area contributed by atoms with E-state index in [9.17, 15) is 9.59 Å². The van der Waals surface area contributed by atoms with Crippen LogP contribution in [0.15, 0.2) is 0 Å². The van der Waals surface area contributed by atoms with Crippen LogP contribution < -0.4 is 5.32 Å². The lowest BCUT2D eigenvalue weighted by Gasteiger charge is -2.39. The smallest absolute Gasteiger partial charge is 0.410 e. The Kier molecular flexibility index (Phi) is 7.39. The molecule has 1 aromatic rings. The summed E-state index contributed by atoms with van der Waals surface area (Å²) in [4.78, 5) is 29.7. The molecule has 2 N–H and O–H groups in total. The first-order valence-electron chi connectivity index (χ1n) is 8.84. The number of nitrogens with one attached hydrogen (secondary N) is 2. The second-order valence-electron chi connectivity index (χ2n) is 7.76. The number of carbonyl (C=O) groups excluding carboxylic acids is 2. The number of carbonyl (C=O) groups is 2. The standard InChI is InChI=1S/C18H27Cl2N3O3S/c1-10-13(19)14(20)15(21-10)16(24)22-12-6-7-23(8-11(12)9-27-5)17(25)26-18(2,3)4/h11-12,21H,6-9H2,1-5H3,(H,22,24)/t11-,12-/m0/s1. The Balaban J connectivity index is 2.06. The fraction of sp³-hybridized carbons (Fsp3) is 0.667. The number of likely N-dealkylation sites (tertiary alicyclic amines) is 1. The Morgan fingerprint density at radius 2 is 2.00 bits per heavy atom. The predicted octanol–water partition coefficient (Wildman–Crippen LogP) is 4.35. The van der Waals surface area contributed by atoms with E-state index in [-0.39, 0.29) is 34.7 Å². The van der Waals surface area contributed by atoms with Gasteiger partial charge in [0, 0.05) is 30.7 Å². The van der Waals surface area contributed by atoms with E-state index < -0.39 is 5.60 Å². The summed E-state index contributed by atoms with van der Waals surface area (Å²) in [6, 6.07) is -0.0536. The lowest BCUT2D eigenvalue weighted by molar-refractivity contribution is 0.0148. The monoisotopic (exact) mass is 435 g/mol. The molecule has 1 aromatic heterocycles. The van der Waals surface area contributed by atoms with Crippen molar-refractivity contribution >= 4 is 47.0 Å². The molecule has 0 aliphatic carbocycles. The van der Waals surface area contributed by atoms with Crippen LogP contribution in [0.2, 0.25) is 10.0 Å². The lowest BCUT2D eigenvalue weighted by atomic mass is 9.93. The first kappa shape index (κ1) is 22.2. The molecule has 6 nitrogen and oxygen atoms in total. The molecule has 2 atom stereocenters. The fourth-order valence-electron chi connectivity index (χ4n) is 3.07. The first-order chi connectivity index (χ1) is 12.5. The van der Waals surface area contributed by atoms with Gasteiger partial charge in [-0.15, -0.1) is 0 Å². The summed E-state index contributed by atoms with van der Waals surface area (Å²) < 4.78 is 5.48. The minimum absolute atomic E-state index is 0.0536. The van der Waals surface area contributed by atoms with Gasteiger partial charge in [-0.1, -0.05) is 23.2 Å². The zero-order valence-electron chi connectivity index (χ0n) is 16.3. The van der Waals surface area contributed by atoms with Gasteiger partial charge in [0.15, 0.2) is 0 Å². The number of nitrogens with zero attached hydrogens (tertiary/aromatic N) is 1. The molecule has 9 heteroatoms. The van der Waals surface area contributed by atoms with Crippen LogP contribution in [-0.2, 0) is 4.74 Å². The summed E-state index contributed by atoms with van der Waals surface area (Å²) in [6.07, 6.45) is 2.35. The minimum Gasteiger partial charge on any atom is -0.444 e. The van der Waals surface area contributed by atoms with Crippen molar-refractivity contribution in [3.05, 3.63) is 21.4 Å². The zero-order valence-corrected chi connectivity index (χ0v) is 18.6. The molecule has 0 aromatic carbocycles. The van der Waals surface area contributed by atoms with Crippen LogP contribution in [0.1, 0.15) is 43.4 Å². The largest absolute Gasteiger partial charge is 0.444 e. The van der Waals surface area contributed by atoms with E-state index in [1.807, 2.05) is 27.0 Å². The lowest BCUT2D eigenvalue weighted by Crippen LogP contribution is -2.54. The molecule has 1 aliphatic rings. The van der Waals surface area contributed by atoms with Crippen LogP contribution in [-0.4, -0.2) is 58.6 Å². The van der Waals surface area contributed by atoms with Crippen LogP contribution in [0.25, 0.3) is 0 Å². The molecule has 0 radical (unpaired) electrons. The van der Waals surface area contributed by atoms with Gasteiger partial charge >= 0.3 is 6.09 Å². The number of hydrogen-bond acceptors (Lipinski definition) is 4. The normalized spacial score (nSPS) is 20.5. The predicted molar refractivity (Wildman–Crippen MR) is 111 cm³/mol. The number of aromatic nitrogens is 1. The number of H-pyrrole nitrogens is 1. The third-order valence-electron chi connectivity index (χ3n) is 4.36. The van der Waals surface area contributed by atoms with Crippen molar-refractivity contribution in [3.8, 4) is 0 Å². The highest BCUT2D eigenvalue weighted by molar-refractivity contribution is 7.98. The topological polar surface area (TPSA) is 74.4 Å². The van der Waals surface area contributed by atoms with Gasteiger partial charge in [0.1, 0.15) is 11.3 Å². The average molecular weight is 436 g/mol. The van der Waals surface area contributed by atoms with Crippen molar-refractivity contribution in [2.45, 2.75) is 45.8 Å². The number of ether oxygens (including phenoxy) is 1. The van der Waals surface area contributed by atoms with E-state index in [4.69, 9.17) is 27.9 Å². The van der Waals surface area contributed by atoms with Crippen molar-refractivity contribution < 1.29 is 14.3 Å². The molecule has 0 unspecified atom stereocenters. The minimum atomic E-state index is -0.529. The number of halogens is 2. The number of aromatic amines is 1. The van der Waals surface area contributed by atoms with E-state index in [0.717, 1.165) is 5.75 Å². The van der Waals surface area contributed by atoms with E-state index in [1.54, 1.807) is 23.6 Å². The highest BCUT2D eigenvalue weighted by atomic mass is 35.5. The number of hydrogen-bond donors (Lipinski definition) is 2. The van der Waals surface area contributed by atoms with E-state index in [2.05, 4.69) is 10.3 Å². The average Bonchev–Trinajstić information content (AvgIpc) is 2.82. The van der Waals surface area contributed by atoms with Crippen molar-refractivity contribution in [1.29, 1.82) is 0 Å². The summed E-state index contributed by atoms with van der Waals surface area (Å²) in [5.74, 6) is 0.662. The van der Waals surface area contributed by atoms with E-state index >= 15 is 0 Å². The summed E-state index contributed by atoms with van der Waals surface area (Å²) >= 11 is 13.9. The van der Waals surface area contributed by atoms with Gasteiger partial charge in [-0.05, 0) is 46.1 Å². The number of aryl methyl sites for hydroxylation is 1. The third-order valence-corrected chi connectivity index (χ3v) is 6.07. The molecule has 1 fully saturated rings. The molecule has 0 bridgehead atoms. The fourth-order valence-corrected chi connectivity index (χ4v) is 4.25. The van der Waals surface area contributed by atoms with Gasteiger partial charge in [-0.3, -0.25) is 4.79 Å². The van der Waals surface area contributed by atoms with Gasteiger partial charge in [0.2, 0.25) is 0 Å². The van der Waals surface area contributed by atoms with Crippen molar-refractivity contribution in [2.75, 3.05) is 25.1 Å². The summed E-state index contributed by atoms with van der Waals surface area (Å²) in [6.45, 7) is 8.39. The van der Waals surface area contributed by atoms with E-state index in [0.29, 0.717) is 30.2 Å². The number of rotatable bonds is 4. The van der Waals surface area contributed by atoms with Crippen LogP contribution in [0.3, 0.4) is 0 Å². The van der Waals surface area contributed by atoms with Crippen LogP contribution >= 0.6 is 35.0 Å². The van der Waals surface area contributed by atoms with Crippen molar-refractivity contribution in [1.82, 2.24) is 15.2 Å². The molecule has 1 saturated heterocycles. The molecule has 27 heavy (non-hydrogen) atoms. The Hall–Kier alpha value is -1.05. The Labute approximate surface area is 174 Å². The molecule has 1 aliphatic heterocycles. The summed E-state index contributed by atoms with van der Waals surface area (Å²) in [7, 11) is 0. The zero-order chi connectivity index (χ0) is 20.4. The van der Waals surface area contributed by atoms with Crippen LogP contribution in [0, 0.1) is 12.8 Å². The molecule has 0 saturated carbocycles. The maximum absolute atomic E-state index is 12.7. The molecular formula is C18H27Cl2N3O3S. The Bertz CT molecular complexity index is 703. The van der Waals surface area contributed by atoms with Crippen molar-refractivity contribution in [2.24, 2.45) is 5.92 Å². The van der Waals surface area contributed by atoms with Crippen LogP contribution in [0.5, 0.6) is 0 Å². The Morgan fingerprint density at radius 3 is 2.52 bits per heavy atom. The third kappa shape index (κ3) is 5.72.